The molecule has 3 heteroatoms. The normalized spacial score (nSPS) is 10.1. The number of alkyl halides is 1. The zero-order chi connectivity index (χ0) is 9.68. The lowest BCUT2D eigenvalue weighted by atomic mass is 10.3. The smallest absolute Gasteiger partial charge is 0.128 e. The summed E-state index contributed by atoms with van der Waals surface area (Å²) < 4.78 is 0. The molecular weight excluding hydrogens is 228 g/mol. The number of aryl methyl sites for hydroxylation is 1. The third-order valence-electron chi connectivity index (χ3n) is 1.93. The maximum absolute atomic E-state index is 4.47. The minimum Gasteiger partial charge on any atom is -0.356 e. The predicted molar refractivity (Wildman–Crippen MR) is 60.7 cm³/mol. The maximum atomic E-state index is 4.47. The van der Waals surface area contributed by atoms with Crippen molar-refractivity contribution in [1.82, 2.24) is 4.98 Å². The molecule has 0 bridgehead atoms. The molecule has 0 aromatic carbocycles. The zero-order valence-corrected chi connectivity index (χ0v) is 9.71. The lowest BCUT2D eigenvalue weighted by Crippen LogP contribution is -2.25. The Morgan fingerprint density at radius 1 is 1.46 bits per heavy atom. The Labute approximate surface area is 88.1 Å². The van der Waals surface area contributed by atoms with E-state index >= 15 is 0 Å². The summed E-state index contributed by atoms with van der Waals surface area (Å²) >= 11 is 3.44. The van der Waals surface area contributed by atoms with E-state index in [1.54, 1.807) is 0 Å². The van der Waals surface area contributed by atoms with E-state index in [1.165, 1.54) is 0 Å². The van der Waals surface area contributed by atoms with Crippen LogP contribution >= 0.6 is 15.9 Å². The van der Waals surface area contributed by atoms with Gasteiger partial charge in [-0.2, -0.15) is 0 Å². The number of hydrogen-bond acceptors (Lipinski definition) is 2. The van der Waals surface area contributed by atoms with Crippen molar-refractivity contribution in [2.45, 2.75) is 13.8 Å². The quantitative estimate of drug-likeness (QED) is 0.755. The molecule has 1 heterocycles. The van der Waals surface area contributed by atoms with Gasteiger partial charge in [-0.3, -0.25) is 0 Å². The molecule has 0 spiro atoms. The monoisotopic (exact) mass is 242 g/mol. The minimum absolute atomic E-state index is 0.983. The van der Waals surface area contributed by atoms with Gasteiger partial charge in [-0.25, -0.2) is 4.98 Å². The van der Waals surface area contributed by atoms with Crippen molar-refractivity contribution in [2.75, 3.05) is 23.3 Å². The van der Waals surface area contributed by atoms with E-state index in [-0.39, 0.29) is 0 Å². The summed E-state index contributed by atoms with van der Waals surface area (Å²) in [5, 5.41) is 0.983. The second-order valence-electron chi connectivity index (χ2n) is 2.91. The van der Waals surface area contributed by atoms with Crippen LogP contribution in [-0.4, -0.2) is 23.4 Å². The topological polar surface area (TPSA) is 16.1 Å². The molecule has 0 unspecified atom stereocenters. The highest BCUT2D eigenvalue weighted by Gasteiger charge is 2.03. The Balaban J connectivity index is 2.78. The van der Waals surface area contributed by atoms with Crippen LogP contribution in [0.15, 0.2) is 18.2 Å². The van der Waals surface area contributed by atoms with Crippen LogP contribution in [0.5, 0.6) is 0 Å². The summed E-state index contributed by atoms with van der Waals surface area (Å²) in [4.78, 5) is 6.72. The number of halogens is 1. The van der Waals surface area contributed by atoms with Gasteiger partial charge in [-0.15, -0.1) is 0 Å². The minimum atomic E-state index is 0.983. The van der Waals surface area contributed by atoms with Gasteiger partial charge in [0.1, 0.15) is 5.82 Å². The largest absolute Gasteiger partial charge is 0.356 e. The second kappa shape index (κ2) is 5.22. The standard InChI is InChI=1S/C10H15BrN2/c1-3-13(8-7-11)10-6-4-5-9(2)12-10/h4-6H,3,7-8H2,1-2H3. The van der Waals surface area contributed by atoms with Crippen LogP contribution in [-0.2, 0) is 0 Å². The van der Waals surface area contributed by atoms with Gasteiger partial charge in [0, 0.05) is 24.1 Å². The van der Waals surface area contributed by atoms with Crippen molar-refractivity contribution >= 4 is 21.7 Å². The molecular formula is C10H15BrN2. The van der Waals surface area contributed by atoms with Crippen LogP contribution in [0.3, 0.4) is 0 Å². The van der Waals surface area contributed by atoms with Crippen LogP contribution in [0, 0.1) is 6.92 Å². The van der Waals surface area contributed by atoms with Gasteiger partial charge < -0.3 is 4.90 Å². The number of hydrogen-bond donors (Lipinski definition) is 0. The molecule has 1 aromatic rings. The Kier molecular flexibility index (Phi) is 4.22. The summed E-state index contributed by atoms with van der Waals surface area (Å²) in [5.41, 5.74) is 1.07. The summed E-state index contributed by atoms with van der Waals surface area (Å²) in [7, 11) is 0. The van der Waals surface area contributed by atoms with Crippen molar-refractivity contribution < 1.29 is 0 Å². The molecule has 2 nitrogen and oxygen atoms in total. The molecule has 0 fully saturated rings. The van der Waals surface area contributed by atoms with E-state index in [2.05, 4.69) is 44.9 Å². The highest BCUT2D eigenvalue weighted by atomic mass is 79.9. The van der Waals surface area contributed by atoms with E-state index in [0.29, 0.717) is 0 Å². The summed E-state index contributed by atoms with van der Waals surface area (Å²) in [6, 6.07) is 6.12. The SMILES string of the molecule is CCN(CCBr)c1cccc(C)n1. The Morgan fingerprint density at radius 2 is 2.23 bits per heavy atom. The molecule has 0 aliphatic carbocycles. The Bertz CT molecular complexity index is 263. The van der Waals surface area contributed by atoms with Crippen molar-refractivity contribution in [2.24, 2.45) is 0 Å². The highest BCUT2D eigenvalue weighted by molar-refractivity contribution is 9.09. The van der Waals surface area contributed by atoms with Crippen LogP contribution in [0.25, 0.3) is 0 Å². The van der Waals surface area contributed by atoms with Crippen LogP contribution < -0.4 is 4.90 Å². The maximum Gasteiger partial charge on any atom is 0.128 e. The summed E-state index contributed by atoms with van der Waals surface area (Å²) in [5.74, 6) is 1.07. The fourth-order valence-electron chi connectivity index (χ4n) is 1.24. The first-order chi connectivity index (χ1) is 6.27. The number of nitrogens with zero attached hydrogens (tertiary/aromatic N) is 2. The fourth-order valence-corrected chi connectivity index (χ4v) is 1.67. The lowest BCUT2D eigenvalue weighted by Gasteiger charge is -2.20. The van der Waals surface area contributed by atoms with Crippen molar-refractivity contribution in [3.63, 3.8) is 0 Å². The van der Waals surface area contributed by atoms with E-state index in [4.69, 9.17) is 0 Å². The molecule has 0 amide bonds. The van der Waals surface area contributed by atoms with Crippen LogP contribution in [0.1, 0.15) is 12.6 Å². The second-order valence-corrected chi connectivity index (χ2v) is 3.70. The van der Waals surface area contributed by atoms with E-state index in [1.807, 2.05) is 13.0 Å². The predicted octanol–water partition coefficient (Wildman–Crippen LogP) is 2.61. The summed E-state index contributed by atoms with van der Waals surface area (Å²) in [6.45, 7) is 6.17. The van der Waals surface area contributed by atoms with Crippen molar-refractivity contribution in [1.29, 1.82) is 0 Å². The average Bonchev–Trinajstić information content (AvgIpc) is 2.14. The van der Waals surface area contributed by atoms with Gasteiger partial charge in [-0.05, 0) is 26.0 Å². The number of rotatable bonds is 4. The van der Waals surface area contributed by atoms with Crippen LogP contribution in [0.4, 0.5) is 5.82 Å². The Hall–Kier alpha value is -0.570. The Morgan fingerprint density at radius 3 is 2.77 bits per heavy atom. The van der Waals surface area contributed by atoms with Gasteiger partial charge in [0.2, 0.25) is 0 Å². The molecule has 0 radical (unpaired) electrons. The third kappa shape index (κ3) is 2.99. The molecule has 0 saturated carbocycles. The average molecular weight is 243 g/mol. The molecule has 0 N–H and O–H groups in total. The number of anilines is 1. The van der Waals surface area contributed by atoms with Crippen molar-refractivity contribution in [3.05, 3.63) is 23.9 Å². The first kappa shape index (κ1) is 10.5. The van der Waals surface area contributed by atoms with Crippen LogP contribution in [0.2, 0.25) is 0 Å². The zero-order valence-electron chi connectivity index (χ0n) is 8.13. The molecule has 0 saturated heterocycles. The lowest BCUT2D eigenvalue weighted by molar-refractivity contribution is 0.850. The van der Waals surface area contributed by atoms with Gasteiger partial charge in [0.25, 0.3) is 0 Å². The highest BCUT2D eigenvalue weighted by Crippen LogP contribution is 2.10. The molecule has 0 aliphatic heterocycles. The molecule has 1 aromatic heterocycles. The first-order valence-corrected chi connectivity index (χ1v) is 5.64. The molecule has 72 valence electrons. The van der Waals surface area contributed by atoms with E-state index in [9.17, 15) is 0 Å². The van der Waals surface area contributed by atoms with Gasteiger partial charge in [-0.1, -0.05) is 22.0 Å². The molecule has 0 atom stereocenters. The molecule has 0 aliphatic rings. The van der Waals surface area contributed by atoms with E-state index in [0.717, 1.165) is 29.9 Å². The summed E-state index contributed by atoms with van der Waals surface area (Å²) in [6.07, 6.45) is 0. The third-order valence-corrected chi connectivity index (χ3v) is 2.29. The number of aromatic nitrogens is 1. The molecule has 1 rings (SSSR count). The van der Waals surface area contributed by atoms with Gasteiger partial charge in [0.05, 0.1) is 0 Å². The van der Waals surface area contributed by atoms with E-state index < -0.39 is 0 Å². The number of pyridine rings is 1. The van der Waals surface area contributed by atoms with Crippen molar-refractivity contribution in [3.8, 4) is 0 Å². The van der Waals surface area contributed by atoms with Gasteiger partial charge in [0.15, 0.2) is 0 Å². The van der Waals surface area contributed by atoms with Gasteiger partial charge >= 0.3 is 0 Å². The molecule has 13 heavy (non-hydrogen) atoms. The fraction of sp³-hybridized carbons (Fsp3) is 0.500. The first-order valence-electron chi connectivity index (χ1n) is 4.52.